The lowest BCUT2D eigenvalue weighted by Crippen LogP contribution is -2.58. The Kier molecular flexibility index (Phi) is 4.59. The topological polar surface area (TPSA) is 64.4 Å². The summed E-state index contributed by atoms with van der Waals surface area (Å²) < 4.78 is 5.22. The minimum Gasteiger partial charge on any atom is -0.381 e. The first kappa shape index (κ1) is 13.7. The average Bonchev–Trinajstić information content (AvgIpc) is 3.01. The molecule has 0 spiro atoms. The molecule has 1 saturated carbocycles. The van der Waals surface area contributed by atoms with Crippen molar-refractivity contribution in [2.24, 2.45) is 11.7 Å². The fraction of sp³-hybridized carbons (Fsp3) is 0.909. The molecule has 0 bridgehead atoms. The van der Waals surface area contributed by atoms with E-state index >= 15 is 0 Å². The third-order valence-corrected chi connectivity index (χ3v) is 3.53. The van der Waals surface area contributed by atoms with Gasteiger partial charge in [0.25, 0.3) is 0 Å². The summed E-state index contributed by atoms with van der Waals surface area (Å²) in [6.45, 7) is 3.27. The van der Waals surface area contributed by atoms with Crippen LogP contribution in [0, 0.1) is 5.92 Å². The Morgan fingerprint density at radius 2 is 2.00 bits per heavy atom. The van der Waals surface area contributed by atoms with Gasteiger partial charge in [-0.05, 0) is 38.5 Å². The Morgan fingerprint density at radius 1 is 1.44 bits per heavy atom. The Bertz CT molecular complexity index is 250. The number of nitrogens with one attached hydrogen (secondary N) is 1. The zero-order chi connectivity index (χ0) is 10.9. The van der Waals surface area contributed by atoms with Gasteiger partial charge in [0.05, 0.1) is 5.54 Å². The maximum Gasteiger partial charge on any atom is 0.240 e. The number of ether oxygens (including phenoxy) is 1. The predicted octanol–water partition coefficient (Wildman–Crippen LogP) is 0.831. The lowest BCUT2D eigenvalue weighted by Gasteiger charge is -2.33. The molecule has 2 fully saturated rings. The number of hydrogen-bond acceptors (Lipinski definition) is 3. The number of carbonyl (C=O) groups excluding carboxylic acids is 1. The molecule has 0 aromatic rings. The second-order valence-corrected chi connectivity index (χ2v) is 4.87. The fourth-order valence-electron chi connectivity index (χ4n) is 2.03. The van der Waals surface area contributed by atoms with E-state index in [1.54, 1.807) is 0 Å². The molecule has 0 radical (unpaired) electrons. The molecule has 1 heterocycles. The molecule has 4 nitrogen and oxygen atoms in total. The number of rotatable bonds is 3. The fourth-order valence-corrected chi connectivity index (χ4v) is 2.03. The highest BCUT2D eigenvalue weighted by Gasteiger charge is 2.38. The molecule has 0 aromatic carbocycles. The lowest BCUT2D eigenvalue weighted by molar-refractivity contribution is -0.130. The molecular weight excluding hydrogens is 228 g/mol. The lowest BCUT2D eigenvalue weighted by atomic mass is 9.90. The van der Waals surface area contributed by atoms with E-state index < -0.39 is 5.54 Å². The highest BCUT2D eigenvalue weighted by atomic mass is 35.5. The molecule has 16 heavy (non-hydrogen) atoms. The Balaban J connectivity index is 0.00000128. The van der Waals surface area contributed by atoms with E-state index in [0.29, 0.717) is 32.0 Å². The van der Waals surface area contributed by atoms with Gasteiger partial charge in [-0.15, -0.1) is 12.4 Å². The molecule has 0 aromatic heterocycles. The average molecular weight is 249 g/mol. The van der Waals surface area contributed by atoms with E-state index in [-0.39, 0.29) is 24.4 Å². The van der Waals surface area contributed by atoms with Gasteiger partial charge in [0.1, 0.15) is 0 Å². The first-order valence-corrected chi connectivity index (χ1v) is 5.79. The second-order valence-electron chi connectivity index (χ2n) is 4.87. The van der Waals surface area contributed by atoms with Crippen LogP contribution in [0.2, 0.25) is 0 Å². The molecule has 1 saturated heterocycles. The smallest absolute Gasteiger partial charge is 0.240 e. The van der Waals surface area contributed by atoms with Gasteiger partial charge in [-0.3, -0.25) is 4.79 Å². The summed E-state index contributed by atoms with van der Waals surface area (Å²) in [6, 6.07) is 0.278. The Labute approximate surface area is 103 Å². The monoisotopic (exact) mass is 248 g/mol. The zero-order valence-electron chi connectivity index (χ0n) is 9.70. The van der Waals surface area contributed by atoms with Crippen LogP contribution in [-0.2, 0) is 9.53 Å². The third-order valence-electron chi connectivity index (χ3n) is 3.53. The van der Waals surface area contributed by atoms with E-state index in [2.05, 4.69) is 12.2 Å². The van der Waals surface area contributed by atoms with Crippen LogP contribution in [-0.4, -0.2) is 30.7 Å². The van der Waals surface area contributed by atoms with Gasteiger partial charge < -0.3 is 15.8 Å². The maximum absolute atomic E-state index is 12.0. The summed E-state index contributed by atoms with van der Waals surface area (Å²) >= 11 is 0. The molecule has 1 aliphatic heterocycles. The number of halogens is 1. The third kappa shape index (κ3) is 3.09. The van der Waals surface area contributed by atoms with Crippen molar-refractivity contribution in [2.45, 2.75) is 44.2 Å². The van der Waals surface area contributed by atoms with Crippen molar-refractivity contribution in [3.63, 3.8) is 0 Å². The van der Waals surface area contributed by atoms with Crippen LogP contribution in [0.4, 0.5) is 0 Å². The van der Waals surface area contributed by atoms with E-state index in [0.717, 1.165) is 0 Å². The molecule has 1 aliphatic carbocycles. The quantitative estimate of drug-likeness (QED) is 0.778. The molecule has 1 atom stereocenters. The van der Waals surface area contributed by atoms with Crippen LogP contribution in [0.3, 0.4) is 0 Å². The van der Waals surface area contributed by atoms with Crippen LogP contribution < -0.4 is 11.1 Å². The number of carbonyl (C=O) groups is 1. The van der Waals surface area contributed by atoms with Crippen molar-refractivity contribution in [1.29, 1.82) is 0 Å². The highest BCUT2D eigenvalue weighted by molar-refractivity contribution is 5.86. The molecule has 1 unspecified atom stereocenters. The normalized spacial score (nSPS) is 25.4. The van der Waals surface area contributed by atoms with Crippen molar-refractivity contribution in [2.75, 3.05) is 13.2 Å². The van der Waals surface area contributed by atoms with Crippen LogP contribution in [0.15, 0.2) is 0 Å². The molecule has 2 aliphatic rings. The molecule has 5 heteroatoms. The number of amides is 1. The van der Waals surface area contributed by atoms with Gasteiger partial charge in [-0.1, -0.05) is 0 Å². The largest absolute Gasteiger partial charge is 0.381 e. The minimum atomic E-state index is -0.693. The van der Waals surface area contributed by atoms with Gasteiger partial charge in [-0.2, -0.15) is 0 Å². The summed E-state index contributed by atoms with van der Waals surface area (Å²) in [5.41, 5.74) is 5.39. The first-order chi connectivity index (χ1) is 7.12. The number of hydrogen-bond donors (Lipinski definition) is 2. The standard InChI is InChI=1S/C11H20N2O2.ClH/c1-8(9-2-3-9)13-10(14)11(12)4-6-15-7-5-11;/h8-9H,2-7,12H2,1H3,(H,13,14);1H. The van der Waals surface area contributed by atoms with Crippen molar-refractivity contribution < 1.29 is 9.53 Å². The Hall–Kier alpha value is -0.320. The van der Waals surface area contributed by atoms with Gasteiger partial charge >= 0.3 is 0 Å². The van der Waals surface area contributed by atoms with E-state index in [4.69, 9.17) is 10.5 Å². The van der Waals surface area contributed by atoms with E-state index in [9.17, 15) is 4.79 Å². The minimum absolute atomic E-state index is 0. The summed E-state index contributed by atoms with van der Waals surface area (Å²) in [7, 11) is 0. The van der Waals surface area contributed by atoms with Crippen LogP contribution >= 0.6 is 12.4 Å². The first-order valence-electron chi connectivity index (χ1n) is 5.79. The summed E-state index contributed by atoms with van der Waals surface area (Å²) in [6.07, 6.45) is 3.75. The predicted molar refractivity (Wildman–Crippen MR) is 64.5 cm³/mol. The molecule has 2 rings (SSSR count). The number of nitrogens with two attached hydrogens (primary N) is 1. The summed E-state index contributed by atoms with van der Waals surface area (Å²) in [5.74, 6) is 0.683. The van der Waals surface area contributed by atoms with Gasteiger partial charge in [0, 0.05) is 19.3 Å². The zero-order valence-corrected chi connectivity index (χ0v) is 10.5. The Morgan fingerprint density at radius 3 is 2.50 bits per heavy atom. The van der Waals surface area contributed by atoms with Gasteiger partial charge in [0.15, 0.2) is 0 Å². The maximum atomic E-state index is 12.0. The SMILES string of the molecule is CC(NC(=O)C1(N)CCOCC1)C1CC1.Cl. The van der Waals surface area contributed by atoms with Crippen molar-refractivity contribution in [1.82, 2.24) is 5.32 Å². The van der Waals surface area contributed by atoms with Crippen molar-refractivity contribution >= 4 is 18.3 Å². The van der Waals surface area contributed by atoms with E-state index in [1.807, 2.05) is 0 Å². The van der Waals surface area contributed by atoms with Gasteiger partial charge in [-0.25, -0.2) is 0 Å². The summed E-state index contributed by atoms with van der Waals surface area (Å²) in [4.78, 5) is 12.0. The van der Waals surface area contributed by atoms with Crippen LogP contribution in [0.25, 0.3) is 0 Å². The van der Waals surface area contributed by atoms with Crippen molar-refractivity contribution in [3.05, 3.63) is 0 Å². The van der Waals surface area contributed by atoms with E-state index in [1.165, 1.54) is 12.8 Å². The molecule has 1 amide bonds. The molecular formula is C11H21ClN2O2. The van der Waals surface area contributed by atoms with Crippen molar-refractivity contribution in [3.8, 4) is 0 Å². The second kappa shape index (κ2) is 5.34. The highest BCUT2D eigenvalue weighted by Crippen LogP contribution is 2.32. The van der Waals surface area contributed by atoms with Crippen LogP contribution in [0.1, 0.15) is 32.6 Å². The molecule has 94 valence electrons. The molecule has 3 N–H and O–H groups in total. The van der Waals surface area contributed by atoms with Gasteiger partial charge in [0.2, 0.25) is 5.91 Å². The van der Waals surface area contributed by atoms with Crippen LogP contribution in [0.5, 0.6) is 0 Å². The summed E-state index contributed by atoms with van der Waals surface area (Å²) in [5, 5.41) is 3.03.